The van der Waals surface area contributed by atoms with Gasteiger partial charge in [-0.3, -0.25) is 0 Å². The second-order valence-corrected chi connectivity index (χ2v) is 11.8. The van der Waals surface area contributed by atoms with Crippen LogP contribution in [0.15, 0.2) is 66.7 Å². The number of phenols is 1. The molecule has 1 aliphatic heterocycles. The molecular weight excluding hydrogens is 510 g/mol. The minimum atomic E-state index is -0.143. The normalized spacial score (nSPS) is 15.9. The molecular formula is C32H33NO3S2. The zero-order chi connectivity index (χ0) is 26.3. The monoisotopic (exact) mass is 543 g/mol. The molecule has 38 heavy (non-hydrogen) atoms. The molecule has 4 nitrogen and oxygen atoms in total. The SMILES string of the molecule is COc1cc2c(O)cc3c(c2cc1-c1ccc(N2CCOCC2)cc1)-c1ccccc1C3(CSC)CSC. The molecule has 0 radical (unpaired) electrons. The van der Waals surface area contributed by atoms with Crippen LogP contribution in [0.3, 0.4) is 0 Å². The van der Waals surface area contributed by atoms with E-state index in [2.05, 4.69) is 72.0 Å². The fraction of sp³-hybridized carbons (Fsp3) is 0.312. The van der Waals surface area contributed by atoms with Crippen LogP contribution in [0.5, 0.6) is 11.5 Å². The van der Waals surface area contributed by atoms with Gasteiger partial charge in [0, 0.05) is 46.6 Å². The maximum absolute atomic E-state index is 11.4. The molecule has 6 heteroatoms. The highest BCUT2D eigenvalue weighted by atomic mass is 32.2. The molecule has 4 aromatic carbocycles. The molecule has 2 aliphatic rings. The molecule has 0 aromatic heterocycles. The first kappa shape index (κ1) is 25.5. The van der Waals surface area contributed by atoms with Crippen LogP contribution < -0.4 is 9.64 Å². The first-order valence-electron chi connectivity index (χ1n) is 13.0. The molecule has 0 spiro atoms. The number of thioether (sulfide) groups is 2. The Kier molecular flexibility index (Phi) is 6.97. The number of fused-ring (bicyclic) bond motifs is 5. The van der Waals surface area contributed by atoms with E-state index >= 15 is 0 Å². The summed E-state index contributed by atoms with van der Waals surface area (Å²) in [5.74, 6) is 3.01. The van der Waals surface area contributed by atoms with E-state index in [-0.39, 0.29) is 5.41 Å². The van der Waals surface area contributed by atoms with Crippen LogP contribution in [0.2, 0.25) is 0 Å². The number of methoxy groups -OCH3 is 1. The summed E-state index contributed by atoms with van der Waals surface area (Å²) < 4.78 is 11.4. The van der Waals surface area contributed by atoms with Gasteiger partial charge in [-0.25, -0.2) is 0 Å². The molecule has 0 amide bonds. The summed E-state index contributed by atoms with van der Waals surface area (Å²) in [5, 5.41) is 13.3. The van der Waals surface area contributed by atoms with Crippen molar-refractivity contribution in [1.82, 2.24) is 0 Å². The van der Waals surface area contributed by atoms with E-state index < -0.39 is 0 Å². The minimum absolute atomic E-state index is 0.143. The number of hydrogen-bond acceptors (Lipinski definition) is 6. The number of aromatic hydroxyl groups is 1. The van der Waals surface area contributed by atoms with Crippen molar-refractivity contribution in [3.63, 3.8) is 0 Å². The topological polar surface area (TPSA) is 41.9 Å². The van der Waals surface area contributed by atoms with Crippen molar-refractivity contribution in [2.24, 2.45) is 0 Å². The first-order valence-corrected chi connectivity index (χ1v) is 15.8. The van der Waals surface area contributed by atoms with Crippen LogP contribution in [0.1, 0.15) is 11.1 Å². The average molecular weight is 544 g/mol. The maximum Gasteiger partial charge on any atom is 0.127 e. The van der Waals surface area contributed by atoms with Gasteiger partial charge in [0.2, 0.25) is 0 Å². The van der Waals surface area contributed by atoms with Gasteiger partial charge in [-0.1, -0.05) is 36.4 Å². The van der Waals surface area contributed by atoms with E-state index in [1.165, 1.54) is 27.9 Å². The van der Waals surface area contributed by atoms with Crippen LogP contribution in [-0.4, -0.2) is 62.5 Å². The highest BCUT2D eigenvalue weighted by Crippen LogP contribution is 2.56. The van der Waals surface area contributed by atoms with Crippen LogP contribution in [0.4, 0.5) is 5.69 Å². The van der Waals surface area contributed by atoms with E-state index in [9.17, 15) is 5.11 Å². The number of anilines is 1. The van der Waals surface area contributed by atoms with Gasteiger partial charge in [0.15, 0.2) is 0 Å². The maximum atomic E-state index is 11.4. The smallest absolute Gasteiger partial charge is 0.127 e. The quantitative estimate of drug-likeness (QED) is 0.269. The third kappa shape index (κ3) is 4.05. The van der Waals surface area contributed by atoms with Gasteiger partial charge in [0.1, 0.15) is 11.5 Å². The van der Waals surface area contributed by atoms with Crippen molar-refractivity contribution in [2.75, 3.05) is 62.3 Å². The minimum Gasteiger partial charge on any atom is -0.507 e. The molecule has 0 bridgehead atoms. The molecule has 0 atom stereocenters. The average Bonchev–Trinajstić information content (AvgIpc) is 3.22. The number of phenolic OH excluding ortho intramolecular Hbond substituents is 1. The van der Waals surface area contributed by atoms with Gasteiger partial charge in [-0.15, -0.1) is 0 Å². The van der Waals surface area contributed by atoms with Crippen molar-refractivity contribution < 1.29 is 14.6 Å². The molecule has 1 heterocycles. The number of benzene rings is 4. The Balaban J connectivity index is 1.56. The molecule has 1 saturated heterocycles. The standard InChI is InChI=1S/C32H33NO3S2/c1-35-30-17-25-26(16-24(30)21-8-10-22(11-9-21)33-12-14-36-15-13-33)31-23-6-4-5-7-27(23)32(19-37-2,20-38-3)28(31)18-29(25)34/h4-11,16-18,34H,12-15,19-20H2,1-3H3. The van der Waals surface area contributed by atoms with Crippen LogP contribution in [0, 0.1) is 0 Å². The van der Waals surface area contributed by atoms with Gasteiger partial charge in [0.05, 0.1) is 20.3 Å². The molecule has 1 N–H and O–H groups in total. The Morgan fingerprint density at radius 3 is 2.26 bits per heavy atom. The number of ether oxygens (including phenoxy) is 2. The summed E-state index contributed by atoms with van der Waals surface area (Å²) in [6.07, 6.45) is 4.35. The lowest BCUT2D eigenvalue weighted by Gasteiger charge is -2.31. The lowest BCUT2D eigenvalue weighted by atomic mass is 9.81. The molecule has 6 rings (SSSR count). The first-order chi connectivity index (χ1) is 18.6. The molecule has 0 saturated carbocycles. The second kappa shape index (κ2) is 10.4. The Hall–Kier alpha value is -2.80. The van der Waals surface area contributed by atoms with Crippen molar-refractivity contribution in [1.29, 1.82) is 0 Å². The number of hydrogen-bond donors (Lipinski definition) is 1. The summed E-state index contributed by atoms with van der Waals surface area (Å²) in [6.45, 7) is 3.37. The number of morpholine rings is 1. The van der Waals surface area contributed by atoms with Gasteiger partial charge in [0.25, 0.3) is 0 Å². The van der Waals surface area contributed by atoms with Crippen molar-refractivity contribution >= 4 is 40.0 Å². The van der Waals surface area contributed by atoms with Crippen molar-refractivity contribution in [3.8, 4) is 33.8 Å². The highest BCUT2D eigenvalue weighted by molar-refractivity contribution is 7.99. The molecule has 196 valence electrons. The predicted molar refractivity (Wildman–Crippen MR) is 164 cm³/mol. The Labute approximate surface area is 233 Å². The summed E-state index contributed by atoms with van der Waals surface area (Å²) in [6, 6.07) is 23.8. The highest BCUT2D eigenvalue weighted by Gasteiger charge is 2.43. The van der Waals surface area contributed by atoms with Crippen LogP contribution in [0.25, 0.3) is 33.0 Å². The largest absolute Gasteiger partial charge is 0.507 e. The summed E-state index contributed by atoms with van der Waals surface area (Å²) >= 11 is 3.74. The number of nitrogens with zero attached hydrogens (tertiary/aromatic N) is 1. The van der Waals surface area contributed by atoms with E-state index in [0.29, 0.717) is 5.75 Å². The Morgan fingerprint density at radius 2 is 1.58 bits per heavy atom. The van der Waals surface area contributed by atoms with Crippen molar-refractivity contribution in [2.45, 2.75) is 5.41 Å². The van der Waals surface area contributed by atoms with E-state index in [1.54, 1.807) is 7.11 Å². The zero-order valence-electron chi connectivity index (χ0n) is 22.1. The van der Waals surface area contributed by atoms with Gasteiger partial charge >= 0.3 is 0 Å². The molecule has 1 fully saturated rings. The lowest BCUT2D eigenvalue weighted by molar-refractivity contribution is 0.122. The predicted octanol–water partition coefficient (Wildman–Crippen LogP) is 7.05. The van der Waals surface area contributed by atoms with Crippen LogP contribution in [-0.2, 0) is 10.2 Å². The summed E-state index contributed by atoms with van der Waals surface area (Å²) in [4.78, 5) is 2.36. The summed E-state index contributed by atoms with van der Waals surface area (Å²) in [7, 11) is 1.70. The van der Waals surface area contributed by atoms with E-state index in [4.69, 9.17) is 9.47 Å². The number of rotatable bonds is 7. The third-order valence-corrected chi connectivity index (χ3v) is 9.56. The third-order valence-electron chi connectivity index (χ3n) is 8.00. The second-order valence-electron chi connectivity index (χ2n) is 10.1. The van der Waals surface area contributed by atoms with E-state index in [1.807, 2.05) is 35.7 Å². The van der Waals surface area contributed by atoms with E-state index in [0.717, 1.165) is 65.5 Å². The van der Waals surface area contributed by atoms with Crippen LogP contribution >= 0.6 is 23.5 Å². The fourth-order valence-corrected chi connectivity index (χ4v) is 8.22. The zero-order valence-corrected chi connectivity index (χ0v) is 23.8. The summed E-state index contributed by atoms with van der Waals surface area (Å²) in [5.41, 5.74) is 8.30. The Bertz CT molecular complexity index is 1470. The molecule has 1 aliphatic carbocycles. The molecule has 4 aromatic rings. The van der Waals surface area contributed by atoms with Crippen molar-refractivity contribution in [3.05, 3.63) is 77.9 Å². The van der Waals surface area contributed by atoms with Gasteiger partial charge < -0.3 is 19.5 Å². The lowest BCUT2D eigenvalue weighted by Crippen LogP contribution is -2.36. The fourth-order valence-electron chi connectivity index (χ4n) is 6.27. The van der Waals surface area contributed by atoms with Gasteiger partial charge in [-0.2, -0.15) is 23.5 Å². The van der Waals surface area contributed by atoms with Gasteiger partial charge in [-0.05, 0) is 76.0 Å². The molecule has 0 unspecified atom stereocenters. The Morgan fingerprint density at radius 1 is 0.868 bits per heavy atom.